The summed E-state index contributed by atoms with van der Waals surface area (Å²) < 4.78 is 17.1. The highest BCUT2D eigenvalue weighted by atomic mass is 35.5. The van der Waals surface area contributed by atoms with Crippen molar-refractivity contribution in [2.24, 2.45) is 0 Å². The van der Waals surface area contributed by atoms with E-state index >= 15 is 0 Å². The van der Waals surface area contributed by atoms with Gasteiger partial charge in [0, 0.05) is 22.8 Å². The molecule has 0 unspecified atom stereocenters. The molecule has 32 heavy (non-hydrogen) atoms. The lowest BCUT2D eigenvalue weighted by Crippen LogP contribution is -2.10. The zero-order chi connectivity index (χ0) is 23.0. The Morgan fingerprint density at radius 3 is 2.75 bits per heavy atom. The van der Waals surface area contributed by atoms with Crippen molar-refractivity contribution < 1.29 is 9.31 Å². The summed E-state index contributed by atoms with van der Waals surface area (Å²) in [7, 11) is 0. The van der Waals surface area contributed by atoms with Gasteiger partial charge >= 0.3 is 5.69 Å². The third-order valence-electron chi connectivity index (χ3n) is 4.89. The topological polar surface area (TPSA) is 117 Å². The zero-order valence-electron chi connectivity index (χ0n) is 17.3. The van der Waals surface area contributed by atoms with Crippen LogP contribution >= 0.6 is 22.9 Å². The Labute approximate surface area is 190 Å². The van der Waals surface area contributed by atoms with Gasteiger partial charge in [0.05, 0.1) is 11.5 Å². The van der Waals surface area contributed by atoms with E-state index in [0.717, 1.165) is 0 Å². The van der Waals surface area contributed by atoms with Crippen molar-refractivity contribution in [1.29, 1.82) is 0 Å². The molecule has 0 amide bonds. The van der Waals surface area contributed by atoms with Crippen molar-refractivity contribution in [3.05, 3.63) is 73.4 Å². The number of benzene rings is 1. The molecule has 1 N–H and O–H groups in total. The first-order valence-electron chi connectivity index (χ1n) is 9.51. The molecule has 10 nitrogen and oxygen atoms in total. The van der Waals surface area contributed by atoms with Crippen molar-refractivity contribution in [2.45, 2.75) is 33.4 Å². The molecule has 0 aliphatic heterocycles. The van der Waals surface area contributed by atoms with Crippen molar-refractivity contribution in [3.8, 4) is 0 Å². The van der Waals surface area contributed by atoms with E-state index in [-0.39, 0.29) is 18.3 Å². The maximum Gasteiger partial charge on any atom is 0.312 e. The minimum Gasteiger partial charge on any atom is -0.313 e. The second kappa shape index (κ2) is 8.63. The SMILES string of the molecule is Cc1nn([C@H](C)c2nnc(Nc3ccn(Cc4c(F)cccc4Cl)n3)s2)c(C)c1[N+](=O)[O-]. The fourth-order valence-electron chi connectivity index (χ4n) is 3.33. The quantitative estimate of drug-likeness (QED) is 0.304. The largest absolute Gasteiger partial charge is 0.313 e. The summed E-state index contributed by atoms with van der Waals surface area (Å²) in [6.07, 6.45) is 1.70. The summed E-state index contributed by atoms with van der Waals surface area (Å²) in [4.78, 5) is 10.8. The summed E-state index contributed by atoms with van der Waals surface area (Å²) in [5, 5.41) is 32.8. The predicted molar refractivity (Wildman–Crippen MR) is 118 cm³/mol. The maximum absolute atomic E-state index is 14.0. The second-order valence-corrected chi connectivity index (χ2v) is 8.48. The highest BCUT2D eigenvalue weighted by Gasteiger charge is 2.26. The van der Waals surface area contributed by atoms with Crippen LogP contribution in [0, 0.1) is 29.8 Å². The van der Waals surface area contributed by atoms with Crippen LogP contribution in [0.15, 0.2) is 30.5 Å². The molecule has 0 radical (unpaired) electrons. The van der Waals surface area contributed by atoms with Crippen LogP contribution in [0.4, 0.5) is 21.0 Å². The molecule has 0 saturated carbocycles. The van der Waals surface area contributed by atoms with Gasteiger partial charge in [0.1, 0.15) is 28.3 Å². The van der Waals surface area contributed by atoms with Gasteiger partial charge in [0.25, 0.3) is 0 Å². The molecular formula is C19H18ClFN8O2S. The fraction of sp³-hybridized carbons (Fsp3) is 0.263. The molecule has 3 heterocycles. The number of aromatic nitrogens is 6. The second-order valence-electron chi connectivity index (χ2n) is 7.07. The van der Waals surface area contributed by atoms with Crippen LogP contribution < -0.4 is 5.32 Å². The lowest BCUT2D eigenvalue weighted by molar-refractivity contribution is -0.386. The summed E-state index contributed by atoms with van der Waals surface area (Å²) in [5.41, 5.74) is 1.16. The van der Waals surface area contributed by atoms with Crippen molar-refractivity contribution >= 4 is 39.6 Å². The van der Waals surface area contributed by atoms with E-state index in [9.17, 15) is 14.5 Å². The number of rotatable bonds is 7. The maximum atomic E-state index is 14.0. The zero-order valence-corrected chi connectivity index (χ0v) is 18.9. The van der Waals surface area contributed by atoms with E-state index in [4.69, 9.17) is 11.6 Å². The van der Waals surface area contributed by atoms with Crippen LogP contribution in [0.5, 0.6) is 0 Å². The Morgan fingerprint density at radius 2 is 2.06 bits per heavy atom. The smallest absolute Gasteiger partial charge is 0.312 e. The lowest BCUT2D eigenvalue weighted by atomic mass is 10.2. The summed E-state index contributed by atoms with van der Waals surface area (Å²) >= 11 is 7.37. The van der Waals surface area contributed by atoms with Gasteiger partial charge in [0.15, 0.2) is 5.82 Å². The van der Waals surface area contributed by atoms with Crippen LogP contribution in [-0.2, 0) is 6.54 Å². The van der Waals surface area contributed by atoms with Crippen LogP contribution in [0.2, 0.25) is 5.02 Å². The molecule has 0 fully saturated rings. The monoisotopic (exact) mass is 476 g/mol. The van der Waals surface area contributed by atoms with Gasteiger partial charge in [0.2, 0.25) is 5.13 Å². The van der Waals surface area contributed by atoms with Gasteiger partial charge in [-0.25, -0.2) is 4.39 Å². The summed E-state index contributed by atoms with van der Waals surface area (Å²) in [6, 6.07) is 5.92. The molecule has 0 bridgehead atoms. The first kappa shape index (κ1) is 21.8. The van der Waals surface area contributed by atoms with Gasteiger partial charge in [-0.1, -0.05) is 29.0 Å². The number of nitrogens with one attached hydrogen (secondary N) is 1. The molecule has 0 saturated heterocycles. The normalized spacial score (nSPS) is 12.2. The average Bonchev–Trinajstić information content (AvgIpc) is 3.44. The molecule has 0 spiro atoms. The van der Waals surface area contributed by atoms with Crippen molar-refractivity contribution in [3.63, 3.8) is 0 Å². The number of anilines is 2. The Morgan fingerprint density at radius 1 is 1.28 bits per heavy atom. The molecule has 0 aliphatic carbocycles. The molecule has 13 heteroatoms. The van der Waals surface area contributed by atoms with Gasteiger partial charge < -0.3 is 5.32 Å². The van der Waals surface area contributed by atoms with Gasteiger partial charge in [-0.2, -0.15) is 10.2 Å². The summed E-state index contributed by atoms with van der Waals surface area (Å²) in [5.74, 6) is 0.115. The minimum atomic E-state index is -0.432. The number of nitrogens with zero attached hydrogens (tertiary/aromatic N) is 7. The average molecular weight is 477 g/mol. The van der Waals surface area contributed by atoms with Crippen molar-refractivity contribution in [1.82, 2.24) is 29.8 Å². The van der Waals surface area contributed by atoms with Crippen molar-refractivity contribution in [2.75, 3.05) is 5.32 Å². The molecule has 166 valence electrons. The molecule has 3 aromatic heterocycles. The van der Waals surface area contributed by atoms with Gasteiger partial charge in [-0.15, -0.1) is 10.2 Å². The molecule has 4 rings (SSSR count). The van der Waals surface area contributed by atoms with E-state index in [0.29, 0.717) is 37.9 Å². The van der Waals surface area contributed by atoms with Gasteiger partial charge in [-0.05, 0) is 32.9 Å². The highest BCUT2D eigenvalue weighted by Crippen LogP contribution is 2.30. The van der Waals surface area contributed by atoms with Crippen LogP contribution in [-0.4, -0.2) is 34.7 Å². The predicted octanol–water partition coefficient (Wildman–Crippen LogP) is 4.65. The van der Waals surface area contributed by atoms with E-state index in [1.54, 1.807) is 47.6 Å². The summed E-state index contributed by atoms with van der Waals surface area (Å²) in [6.45, 7) is 5.29. The number of nitro groups is 1. The first-order valence-corrected chi connectivity index (χ1v) is 10.7. The molecule has 1 aromatic carbocycles. The fourth-order valence-corrected chi connectivity index (χ4v) is 4.34. The number of aryl methyl sites for hydroxylation is 1. The van der Waals surface area contributed by atoms with E-state index in [1.807, 2.05) is 6.92 Å². The van der Waals surface area contributed by atoms with E-state index in [1.165, 1.54) is 17.4 Å². The molecule has 0 aliphatic rings. The lowest BCUT2D eigenvalue weighted by Gasteiger charge is -2.09. The minimum absolute atomic E-state index is 0.000194. The number of hydrogen-bond acceptors (Lipinski definition) is 8. The van der Waals surface area contributed by atoms with Crippen LogP contribution in [0.1, 0.15) is 34.9 Å². The Kier molecular flexibility index (Phi) is 5.89. The Hall–Kier alpha value is -3.38. The molecule has 1 atom stereocenters. The standard InChI is InChI=1S/C19H18ClFN8O2S/c1-10-17(29(30)31)11(2)28(25-10)12(3)18-23-24-19(32-18)22-16-7-8-27(26-16)9-13-14(20)5-4-6-15(13)21/h4-8,12H,9H2,1-3H3,(H,22,24,26)/t12-/m1/s1. The van der Waals surface area contributed by atoms with E-state index in [2.05, 4.69) is 25.7 Å². The van der Waals surface area contributed by atoms with Gasteiger partial charge in [-0.3, -0.25) is 19.5 Å². The first-order chi connectivity index (χ1) is 15.2. The Balaban J connectivity index is 1.48. The molecular weight excluding hydrogens is 459 g/mol. The third kappa shape index (κ3) is 4.18. The highest BCUT2D eigenvalue weighted by molar-refractivity contribution is 7.15. The third-order valence-corrected chi connectivity index (χ3v) is 6.25. The molecule has 4 aromatic rings. The van der Waals surface area contributed by atoms with E-state index < -0.39 is 10.7 Å². The Bertz CT molecular complexity index is 1280. The van der Waals surface area contributed by atoms with Crippen LogP contribution in [0.3, 0.4) is 0 Å². The number of hydrogen-bond donors (Lipinski definition) is 1. The van der Waals surface area contributed by atoms with Crippen LogP contribution in [0.25, 0.3) is 0 Å². The number of halogens is 2.